The van der Waals surface area contributed by atoms with Gasteiger partial charge in [-0.1, -0.05) is 12.1 Å². The molecule has 0 aliphatic heterocycles. The summed E-state index contributed by atoms with van der Waals surface area (Å²) in [6.45, 7) is 0. The number of nitrogen functional groups attached to an aromatic ring is 1. The summed E-state index contributed by atoms with van der Waals surface area (Å²) in [5, 5.41) is 3.30. The van der Waals surface area contributed by atoms with Crippen molar-refractivity contribution in [2.75, 3.05) is 11.1 Å². The van der Waals surface area contributed by atoms with Gasteiger partial charge in [-0.15, -0.1) is 0 Å². The number of nitrogens with one attached hydrogen (secondary N) is 2. The van der Waals surface area contributed by atoms with Crippen molar-refractivity contribution in [2.45, 2.75) is 0 Å². The number of halogens is 1. The number of nitrogens with two attached hydrogens (primary N) is 1. The number of fused-ring (bicyclic) bond motifs is 1. The van der Waals surface area contributed by atoms with E-state index in [0.717, 1.165) is 10.9 Å². The summed E-state index contributed by atoms with van der Waals surface area (Å²) in [7, 11) is 0. The molecule has 0 atom stereocenters. The largest absolute Gasteiger partial charge is 0.399 e. The number of amides is 1. The minimum Gasteiger partial charge on any atom is -0.399 e. The van der Waals surface area contributed by atoms with Crippen LogP contribution in [0.5, 0.6) is 0 Å². The number of carbonyl (C=O) groups is 1. The van der Waals surface area contributed by atoms with Gasteiger partial charge in [0.1, 0.15) is 5.82 Å². The van der Waals surface area contributed by atoms with Crippen molar-refractivity contribution >= 4 is 28.2 Å². The molecule has 0 spiro atoms. The highest BCUT2D eigenvalue weighted by Crippen LogP contribution is 2.22. The predicted molar refractivity (Wildman–Crippen MR) is 77.1 cm³/mol. The zero-order valence-corrected chi connectivity index (χ0v) is 10.5. The molecule has 0 bridgehead atoms. The molecule has 0 unspecified atom stereocenters. The summed E-state index contributed by atoms with van der Waals surface area (Å²) in [6, 6.07) is 11.3. The summed E-state index contributed by atoms with van der Waals surface area (Å²) >= 11 is 0. The van der Waals surface area contributed by atoms with Gasteiger partial charge in [-0.2, -0.15) is 0 Å². The van der Waals surface area contributed by atoms with Crippen LogP contribution in [-0.2, 0) is 0 Å². The molecule has 2 aromatic carbocycles. The van der Waals surface area contributed by atoms with E-state index >= 15 is 0 Å². The number of carbonyl (C=O) groups excluding carboxylic acids is 1. The zero-order chi connectivity index (χ0) is 14.1. The topological polar surface area (TPSA) is 70.9 Å². The molecule has 3 aromatic rings. The molecular weight excluding hydrogens is 257 g/mol. The first-order valence-electron chi connectivity index (χ1n) is 6.07. The summed E-state index contributed by atoms with van der Waals surface area (Å²) in [4.78, 5) is 15.2. The fraction of sp³-hybridized carbons (Fsp3) is 0. The van der Waals surface area contributed by atoms with E-state index in [0.29, 0.717) is 11.3 Å². The Hall–Kier alpha value is -2.82. The van der Waals surface area contributed by atoms with Crippen LogP contribution < -0.4 is 11.1 Å². The molecule has 1 amide bonds. The minimum atomic E-state index is -0.468. The van der Waals surface area contributed by atoms with Gasteiger partial charge in [0.15, 0.2) is 0 Å². The van der Waals surface area contributed by atoms with Crippen LogP contribution in [0.15, 0.2) is 48.7 Å². The number of benzene rings is 2. The fourth-order valence-corrected chi connectivity index (χ4v) is 2.08. The third-order valence-electron chi connectivity index (χ3n) is 3.07. The Morgan fingerprint density at radius 2 is 2.00 bits per heavy atom. The van der Waals surface area contributed by atoms with Gasteiger partial charge in [0.2, 0.25) is 0 Å². The summed E-state index contributed by atoms with van der Waals surface area (Å²) in [5.41, 5.74) is 7.66. The first-order valence-corrected chi connectivity index (χ1v) is 6.07. The van der Waals surface area contributed by atoms with Gasteiger partial charge >= 0.3 is 0 Å². The smallest absolute Gasteiger partial charge is 0.257 e. The predicted octanol–water partition coefficient (Wildman–Crippen LogP) is 3.14. The van der Waals surface area contributed by atoms with Crippen molar-refractivity contribution in [1.82, 2.24) is 4.98 Å². The van der Waals surface area contributed by atoms with E-state index < -0.39 is 5.82 Å². The second-order valence-electron chi connectivity index (χ2n) is 4.44. The molecule has 20 heavy (non-hydrogen) atoms. The Morgan fingerprint density at radius 3 is 2.80 bits per heavy atom. The Bertz CT molecular complexity index is 795. The van der Waals surface area contributed by atoms with Gasteiger partial charge in [0.25, 0.3) is 5.91 Å². The lowest BCUT2D eigenvalue weighted by Crippen LogP contribution is -2.12. The van der Waals surface area contributed by atoms with Crippen molar-refractivity contribution in [3.05, 3.63) is 60.0 Å². The van der Waals surface area contributed by atoms with Crippen LogP contribution in [-0.4, -0.2) is 10.9 Å². The number of anilines is 2. The van der Waals surface area contributed by atoms with Crippen LogP contribution in [0, 0.1) is 5.82 Å². The highest BCUT2D eigenvalue weighted by molar-refractivity contribution is 6.13. The Balaban J connectivity index is 1.95. The lowest BCUT2D eigenvalue weighted by atomic mass is 10.1. The average Bonchev–Trinajstić information content (AvgIpc) is 2.84. The van der Waals surface area contributed by atoms with E-state index in [2.05, 4.69) is 10.3 Å². The summed E-state index contributed by atoms with van der Waals surface area (Å²) in [6.07, 6.45) is 1.58. The van der Waals surface area contributed by atoms with E-state index in [-0.39, 0.29) is 11.6 Å². The second-order valence-corrected chi connectivity index (χ2v) is 4.44. The van der Waals surface area contributed by atoms with Gasteiger partial charge in [-0.25, -0.2) is 4.39 Å². The van der Waals surface area contributed by atoms with Crippen molar-refractivity contribution in [3.8, 4) is 0 Å². The lowest BCUT2D eigenvalue weighted by molar-refractivity contribution is 0.102. The van der Waals surface area contributed by atoms with E-state index in [4.69, 9.17) is 5.73 Å². The third kappa shape index (κ3) is 2.09. The van der Waals surface area contributed by atoms with E-state index in [9.17, 15) is 9.18 Å². The first-order chi connectivity index (χ1) is 9.65. The highest BCUT2D eigenvalue weighted by Gasteiger charge is 2.13. The molecule has 0 saturated carbocycles. The average molecular weight is 269 g/mol. The minimum absolute atomic E-state index is 0.155. The highest BCUT2D eigenvalue weighted by atomic mass is 19.1. The van der Waals surface area contributed by atoms with Gasteiger partial charge < -0.3 is 16.0 Å². The molecule has 0 saturated heterocycles. The van der Waals surface area contributed by atoms with E-state index in [1.165, 1.54) is 12.1 Å². The standard InChI is InChI=1S/C15H12FN3O/c16-12-3-1-2-4-13(12)19-15(20)11-8-18-14-7-9(17)5-6-10(11)14/h1-8,18H,17H2,(H,19,20). The molecule has 4 N–H and O–H groups in total. The van der Waals surface area contributed by atoms with Crippen LogP contribution in [0.3, 0.4) is 0 Å². The SMILES string of the molecule is Nc1ccc2c(C(=O)Nc3ccccc3F)c[nH]c2c1. The molecule has 5 heteroatoms. The molecule has 0 aliphatic rings. The van der Waals surface area contributed by atoms with Crippen molar-refractivity contribution < 1.29 is 9.18 Å². The Labute approximate surface area is 114 Å². The molecular formula is C15H12FN3O. The molecule has 3 rings (SSSR count). The van der Waals surface area contributed by atoms with Crippen LogP contribution in [0.1, 0.15) is 10.4 Å². The van der Waals surface area contributed by atoms with Gasteiger partial charge in [-0.3, -0.25) is 4.79 Å². The molecule has 1 heterocycles. The van der Waals surface area contributed by atoms with Gasteiger partial charge in [0.05, 0.1) is 11.3 Å². The Kier molecular flexibility index (Phi) is 2.87. The third-order valence-corrected chi connectivity index (χ3v) is 3.07. The first kappa shape index (κ1) is 12.2. The maximum absolute atomic E-state index is 13.5. The number of H-pyrrole nitrogens is 1. The number of hydrogen-bond donors (Lipinski definition) is 3. The maximum atomic E-state index is 13.5. The molecule has 0 radical (unpaired) electrons. The molecule has 4 nitrogen and oxygen atoms in total. The van der Waals surface area contributed by atoms with Crippen LogP contribution in [0.25, 0.3) is 10.9 Å². The zero-order valence-electron chi connectivity index (χ0n) is 10.5. The van der Waals surface area contributed by atoms with Gasteiger partial charge in [0, 0.05) is 22.8 Å². The lowest BCUT2D eigenvalue weighted by Gasteiger charge is -2.05. The number of hydrogen-bond acceptors (Lipinski definition) is 2. The fourth-order valence-electron chi connectivity index (χ4n) is 2.08. The quantitative estimate of drug-likeness (QED) is 0.625. The summed E-state index contributed by atoms with van der Waals surface area (Å²) < 4.78 is 13.5. The number of rotatable bonds is 2. The molecule has 1 aromatic heterocycles. The van der Waals surface area contributed by atoms with Crippen LogP contribution in [0.2, 0.25) is 0 Å². The van der Waals surface area contributed by atoms with E-state index in [1.807, 2.05) is 0 Å². The number of aromatic nitrogens is 1. The molecule has 0 aliphatic carbocycles. The summed E-state index contributed by atoms with van der Waals surface area (Å²) in [5.74, 6) is -0.837. The van der Waals surface area contributed by atoms with Crippen molar-refractivity contribution in [2.24, 2.45) is 0 Å². The second kappa shape index (κ2) is 4.70. The van der Waals surface area contributed by atoms with E-state index in [1.54, 1.807) is 36.5 Å². The van der Waals surface area contributed by atoms with Crippen LogP contribution in [0.4, 0.5) is 15.8 Å². The van der Waals surface area contributed by atoms with Crippen LogP contribution >= 0.6 is 0 Å². The normalized spacial score (nSPS) is 10.7. The monoisotopic (exact) mass is 269 g/mol. The molecule has 100 valence electrons. The maximum Gasteiger partial charge on any atom is 0.257 e. The van der Waals surface area contributed by atoms with Crippen molar-refractivity contribution in [1.29, 1.82) is 0 Å². The van der Waals surface area contributed by atoms with Crippen molar-refractivity contribution in [3.63, 3.8) is 0 Å². The Morgan fingerprint density at radius 1 is 1.20 bits per heavy atom. The number of aromatic amines is 1. The number of para-hydroxylation sites is 1. The molecule has 0 fully saturated rings. The van der Waals surface area contributed by atoms with Gasteiger partial charge in [-0.05, 0) is 30.3 Å².